The highest BCUT2D eigenvalue weighted by Gasteiger charge is 2.14. The van der Waals surface area contributed by atoms with Gasteiger partial charge in [0, 0.05) is 10.8 Å². The molecule has 1 aromatic heterocycles. The van der Waals surface area contributed by atoms with Crippen LogP contribution in [-0.4, -0.2) is 33.6 Å². The fourth-order valence-corrected chi connectivity index (χ4v) is 2.41. The molecule has 0 fully saturated rings. The van der Waals surface area contributed by atoms with E-state index in [-0.39, 0.29) is 23.0 Å². The first-order valence-electron chi connectivity index (χ1n) is 6.35. The summed E-state index contributed by atoms with van der Waals surface area (Å²) in [5, 5.41) is 8.67. The van der Waals surface area contributed by atoms with E-state index in [1.165, 1.54) is 12.1 Å². The van der Waals surface area contributed by atoms with Crippen LogP contribution in [0.25, 0.3) is 0 Å². The van der Waals surface area contributed by atoms with E-state index in [1.807, 2.05) is 6.92 Å². The fraction of sp³-hybridized carbons (Fsp3) is 0.538. The summed E-state index contributed by atoms with van der Waals surface area (Å²) in [4.78, 5) is 22.0. The van der Waals surface area contributed by atoms with Crippen LogP contribution in [0.1, 0.15) is 42.5 Å². The lowest BCUT2D eigenvalue weighted by atomic mass is 10.3. The summed E-state index contributed by atoms with van der Waals surface area (Å²) in [7, 11) is -1.47. The van der Waals surface area contributed by atoms with Gasteiger partial charge in [-0.15, -0.1) is 0 Å². The van der Waals surface area contributed by atoms with Gasteiger partial charge in [0.05, 0.1) is 12.4 Å². The van der Waals surface area contributed by atoms with Crippen LogP contribution in [0.5, 0.6) is 0 Å². The van der Waals surface area contributed by atoms with Crippen molar-refractivity contribution in [3.63, 3.8) is 0 Å². The van der Waals surface area contributed by atoms with Crippen molar-refractivity contribution in [3.05, 3.63) is 23.7 Å². The number of hydrogen-bond acceptors (Lipinski definition) is 5. The number of aromatic carboxylic acids is 1. The molecule has 0 saturated heterocycles. The molecule has 0 bridgehead atoms. The van der Waals surface area contributed by atoms with Gasteiger partial charge in [-0.3, -0.25) is 9.00 Å². The Morgan fingerprint density at radius 2 is 2.10 bits per heavy atom. The minimum atomic E-state index is -1.47. The summed E-state index contributed by atoms with van der Waals surface area (Å²) >= 11 is 0. The van der Waals surface area contributed by atoms with Gasteiger partial charge in [0.25, 0.3) is 0 Å². The molecule has 0 aliphatic carbocycles. The summed E-state index contributed by atoms with van der Waals surface area (Å²) in [5.74, 6) is -1.84. The average Bonchev–Trinajstić information content (AvgIpc) is 2.83. The Labute approximate surface area is 119 Å². The first kappa shape index (κ1) is 16.4. The van der Waals surface area contributed by atoms with Gasteiger partial charge in [0.15, 0.2) is 0 Å². The van der Waals surface area contributed by atoms with Gasteiger partial charge < -0.3 is 14.3 Å². The molecule has 0 aromatic carbocycles. The average molecular weight is 302 g/mol. The van der Waals surface area contributed by atoms with Crippen LogP contribution in [-0.2, 0) is 26.1 Å². The predicted octanol–water partition coefficient (Wildman–Crippen LogP) is 1.96. The van der Waals surface area contributed by atoms with Crippen molar-refractivity contribution < 1.29 is 28.1 Å². The topological polar surface area (TPSA) is 93.8 Å². The number of furan rings is 1. The number of hydrogen-bond donors (Lipinski definition) is 1. The van der Waals surface area contributed by atoms with Crippen LogP contribution in [0.4, 0.5) is 0 Å². The van der Waals surface area contributed by atoms with Gasteiger partial charge in [-0.2, -0.15) is 0 Å². The van der Waals surface area contributed by atoms with Crippen molar-refractivity contribution in [2.45, 2.75) is 31.9 Å². The molecule has 0 saturated carbocycles. The molecule has 6 nitrogen and oxygen atoms in total. The van der Waals surface area contributed by atoms with E-state index in [1.54, 1.807) is 0 Å². The Kier molecular flexibility index (Phi) is 7.00. The molecule has 0 aliphatic rings. The number of carbonyl (C=O) groups is 2. The molecule has 1 aromatic rings. The van der Waals surface area contributed by atoms with Crippen molar-refractivity contribution in [3.8, 4) is 0 Å². The molecular formula is C13H18O6S. The van der Waals surface area contributed by atoms with Gasteiger partial charge >= 0.3 is 11.9 Å². The van der Waals surface area contributed by atoms with Gasteiger partial charge in [-0.05, 0) is 18.6 Å². The number of unbranched alkanes of at least 4 members (excludes halogenated alkanes) is 2. The molecule has 7 heteroatoms. The van der Waals surface area contributed by atoms with Crippen LogP contribution in [0.3, 0.4) is 0 Å². The zero-order valence-corrected chi connectivity index (χ0v) is 12.1. The molecular weight excluding hydrogens is 284 g/mol. The number of rotatable bonds is 9. The van der Waals surface area contributed by atoms with Crippen LogP contribution in [0.15, 0.2) is 16.5 Å². The Balaban J connectivity index is 2.31. The van der Waals surface area contributed by atoms with Gasteiger partial charge in [-0.25, -0.2) is 4.79 Å². The molecule has 0 spiro atoms. The Morgan fingerprint density at radius 3 is 2.70 bits per heavy atom. The minimum Gasteiger partial charge on any atom is -0.475 e. The van der Waals surface area contributed by atoms with Crippen LogP contribution in [0, 0.1) is 0 Å². The summed E-state index contributed by atoms with van der Waals surface area (Å²) < 4.78 is 21.6. The van der Waals surface area contributed by atoms with Crippen molar-refractivity contribution >= 4 is 22.7 Å². The molecule has 1 atom stereocenters. The zero-order chi connectivity index (χ0) is 15.0. The van der Waals surface area contributed by atoms with Gasteiger partial charge in [-0.1, -0.05) is 19.8 Å². The van der Waals surface area contributed by atoms with E-state index in [0.29, 0.717) is 6.61 Å². The first-order chi connectivity index (χ1) is 9.52. The maximum atomic E-state index is 11.7. The molecule has 1 heterocycles. The number of ether oxygens (including phenoxy) is 1. The Hall–Kier alpha value is -1.63. The monoisotopic (exact) mass is 302 g/mol. The lowest BCUT2D eigenvalue weighted by Gasteiger charge is -2.03. The summed E-state index contributed by atoms with van der Waals surface area (Å²) in [5.41, 5.74) is 0. The second-order valence-corrected chi connectivity index (χ2v) is 5.68. The van der Waals surface area contributed by atoms with E-state index < -0.39 is 22.7 Å². The van der Waals surface area contributed by atoms with E-state index in [4.69, 9.17) is 14.3 Å². The molecule has 20 heavy (non-hydrogen) atoms. The van der Waals surface area contributed by atoms with E-state index in [2.05, 4.69) is 0 Å². The minimum absolute atomic E-state index is 0.00264. The number of esters is 1. The first-order valence-corrected chi connectivity index (χ1v) is 7.84. The van der Waals surface area contributed by atoms with E-state index in [9.17, 15) is 13.8 Å². The van der Waals surface area contributed by atoms with Gasteiger partial charge in [0.1, 0.15) is 11.5 Å². The summed E-state index contributed by atoms with van der Waals surface area (Å²) in [6, 6.07) is 2.73. The maximum Gasteiger partial charge on any atom is 0.371 e. The van der Waals surface area contributed by atoms with Crippen molar-refractivity contribution in [1.82, 2.24) is 0 Å². The lowest BCUT2D eigenvalue weighted by Crippen LogP contribution is -2.15. The molecule has 1 N–H and O–H groups in total. The smallest absolute Gasteiger partial charge is 0.371 e. The second-order valence-electron chi connectivity index (χ2n) is 4.23. The predicted molar refractivity (Wildman–Crippen MR) is 72.9 cm³/mol. The Morgan fingerprint density at radius 1 is 1.35 bits per heavy atom. The standard InChI is InChI=1S/C13H18O6S/c1-2-3-4-7-18-12(14)9-20(17)8-10-5-6-11(19-10)13(15)16/h5-6H,2-4,7-9H2,1H3,(H,15,16). The maximum absolute atomic E-state index is 11.7. The normalized spacial score (nSPS) is 12.1. The fourth-order valence-electron chi connectivity index (χ4n) is 1.49. The van der Waals surface area contributed by atoms with Gasteiger partial charge in [0.2, 0.25) is 5.76 Å². The van der Waals surface area contributed by atoms with Crippen molar-refractivity contribution in [1.29, 1.82) is 0 Å². The molecule has 112 valence electrons. The third-order valence-corrected chi connectivity index (χ3v) is 3.63. The Bertz CT molecular complexity index is 479. The third kappa shape index (κ3) is 6.01. The lowest BCUT2D eigenvalue weighted by molar-refractivity contribution is -0.140. The van der Waals surface area contributed by atoms with Crippen LogP contribution in [0.2, 0.25) is 0 Å². The van der Waals surface area contributed by atoms with E-state index in [0.717, 1.165) is 19.3 Å². The number of carbonyl (C=O) groups excluding carboxylic acids is 1. The molecule has 1 rings (SSSR count). The van der Waals surface area contributed by atoms with Crippen LogP contribution < -0.4 is 0 Å². The molecule has 0 radical (unpaired) electrons. The SMILES string of the molecule is CCCCCOC(=O)CS(=O)Cc1ccc(C(=O)O)o1. The van der Waals surface area contributed by atoms with Crippen molar-refractivity contribution in [2.75, 3.05) is 12.4 Å². The van der Waals surface area contributed by atoms with Crippen molar-refractivity contribution in [2.24, 2.45) is 0 Å². The van der Waals surface area contributed by atoms with E-state index >= 15 is 0 Å². The highest BCUT2D eigenvalue weighted by atomic mass is 32.2. The second kappa shape index (κ2) is 8.52. The molecule has 0 amide bonds. The summed E-state index contributed by atoms with van der Waals surface area (Å²) in [6.07, 6.45) is 2.82. The molecule has 1 unspecified atom stereocenters. The number of carboxylic acids is 1. The largest absolute Gasteiger partial charge is 0.475 e. The zero-order valence-electron chi connectivity index (χ0n) is 11.3. The molecule has 0 aliphatic heterocycles. The summed E-state index contributed by atoms with van der Waals surface area (Å²) in [6.45, 7) is 2.39. The highest BCUT2D eigenvalue weighted by molar-refractivity contribution is 7.84. The van der Waals surface area contributed by atoms with Crippen LogP contribution >= 0.6 is 0 Å². The quantitative estimate of drug-likeness (QED) is 0.553. The number of carboxylic acid groups (broad SMARTS) is 1. The third-order valence-electron chi connectivity index (χ3n) is 2.47. The highest BCUT2D eigenvalue weighted by Crippen LogP contribution is 2.10.